The first-order valence-electron chi connectivity index (χ1n) is 9.83. The SMILES string of the molecule is CCCCC1CCN2C[C@@H]3C[C@H](CN4CCCC[C@H]34)[C@@H]2C1. The van der Waals surface area contributed by atoms with E-state index in [0.717, 1.165) is 29.8 Å². The second kappa shape index (κ2) is 6.20. The maximum Gasteiger partial charge on any atom is 0.0139 e. The molecule has 2 nitrogen and oxygen atoms in total. The van der Waals surface area contributed by atoms with Crippen LogP contribution in [0.2, 0.25) is 0 Å². The quantitative estimate of drug-likeness (QED) is 0.781. The van der Waals surface area contributed by atoms with Crippen molar-refractivity contribution >= 4 is 0 Å². The zero-order valence-corrected chi connectivity index (χ0v) is 14.0. The van der Waals surface area contributed by atoms with Gasteiger partial charge in [0.15, 0.2) is 0 Å². The smallest absolute Gasteiger partial charge is 0.0139 e. The van der Waals surface area contributed by atoms with Crippen LogP contribution in [0.4, 0.5) is 0 Å². The van der Waals surface area contributed by atoms with Gasteiger partial charge in [0.25, 0.3) is 0 Å². The van der Waals surface area contributed by atoms with E-state index in [2.05, 4.69) is 16.7 Å². The molecule has 1 unspecified atom stereocenters. The standard InChI is InChI=1S/C19H34N2/c1-2-3-6-15-8-10-21-13-16-12-17(19(21)11-15)14-20-9-5-4-7-18(16)20/h15-19H,2-14H2,1H3/t15?,16-,17+,18+,19-/m0/s1. The van der Waals surface area contributed by atoms with Crippen LogP contribution in [0.25, 0.3) is 0 Å². The summed E-state index contributed by atoms with van der Waals surface area (Å²) in [6, 6.07) is 1.90. The molecular weight excluding hydrogens is 256 g/mol. The second-order valence-electron chi connectivity index (χ2n) is 8.41. The van der Waals surface area contributed by atoms with Crippen molar-refractivity contribution in [1.29, 1.82) is 0 Å². The van der Waals surface area contributed by atoms with E-state index in [1.807, 2.05) is 0 Å². The molecule has 0 aromatic rings. The number of unbranched alkanes of at least 4 members (excludes halogenated alkanes) is 1. The first-order valence-corrected chi connectivity index (χ1v) is 9.83. The van der Waals surface area contributed by atoms with Gasteiger partial charge in [-0.3, -0.25) is 9.80 Å². The Bertz CT molecular complexity index is 355. The molecule has 2 heteroatoms. The fourth-order valence-electron chi connectivity index (χ4n) is 6.07. The topological polar surface area (TPSA) is 6.48 Å². The number of piperidine rings is 4. The van der Waals surface area contributed by atoms with E-state index in [4.69, 9.17) is 0 Å². The molecule has 4 heterocycles. The van der Waals surface area contributed by atoms with Gasteiger partial charge >= 0.3 is 0 Å². The molecule has 4 aliphatic heterocycles. The van der Waals surface area contributed by atoms with Crippen LogP contribution in [0, 0.1) is 17.8 Å². The molecule has 0 aliphatic carbocycles. The minimum Gasteiger partial charge on any atom is -0.300 e. The fourth-order valence-corrected chi connectivity index (χ4v) is 6.07. The van der Waals surface area contributed by atoms with Gasteiger partial charge in [0.1, 0.15) is 0 Å². The van der Waals surface area contributed by atoms with Gasteiger partial charge in [0.2, 0.25) is 0 Å². The van der Waals surface area contributed by atoms with E-state index in [9.17, 15) is 0 Å². The summed E-state index contributed by atoms with van der Waals surface area (Å²) < 4.78 is 0. The van der Waals surface area contributed by atoms with E-state index in [-0.39, 0.29) is 0 Å². The highest BCUT2D eigenvalue weighted by Gasteiger charge is 2.47. The van der Waals surface area contributed by atoms with Crippen molar-refractivity contribution in [2.75, 3.05) is 26.2 Å². The summed E-state index contributed by atoms with van der Waals surface area (Å²) in [5.41, 5.74) is 0. The predicted molar refractivity (Wildman–Crippen MR) is 88.4 cm³/mol. The summed E-state index contributed by atoms with van der Waals surface area (Å²) in [6.07, 6.45) is 13.4. The molecule has 0 amide bonds. The predicted octanol–water partition coefficient (Wildman–Crippen LogP) is 3.76. The molecule has 120 valence electrons. The van der Waals surface area contributed by atoms with Crippen LogP contribution in [-0.4, -0.2) is 48.1 Å². The van der Waals surface area contributed by atoms with Gasteiger partial charge in [-0.2, -0.15) is 0 Å². The van der Waals surface area contributed by atoms with Gasteiger partial charge in [-0.15, -0.1) is 0 Å². The summed E-state index contributed by atoms with van der Waals surface area (Å²) in [4.78, 5) is 5.82. The molecular formula is C19H34N2. The van der Waals surface area contributed by atoms with Crippen molar-refractivity contribution in [3.63, 3.8) is 0 Å². The van der Waals surface area contributed by atoms with Crippen molar-refractivity contribution in [1.82, 2.24) is 9.80 Å². The molecule has 0 saturated carbocycles. The Labute approximate surface area is 131 Å². The number of hydrogen-bond acceptors (Lipinski definition) is 2. The van der Waals surface area contributed by atoms with E-state index in [1.54, 1.807) is 6.42 Å². The summed E-state index contributed by atoms with van der Waals surface area (Å²) in [6.45, 7) is 8.03. The maximum atomic E-state index is 2.92. The third-order valence-corrected chi connectivity index (χ3v) is 7.13. The molecule has 4 rings (SSSR count). The van der Waals surface area contributed by atoms with Crippen LogP contribution < -0.4 is 0 Å². The van der Waals surface area contributed by atoms with E-state index in [1.165, 1.54) is 77.5 Å². The lowest BCUT2D eigenvalue weighted by Gasteiger charge is -2.58. The molecule has 4 aliphatic rings. The van der Waals surface area contributed by atoms with Crippen LogP contribution in [0.3, 0.4) is 0 Å². The minimum atomic E-state index is 0.944. The first-order chi connectivity index (χ1) is 10.3. The van der Waals surface area contributed by atoms with Crippen molar-refractivity contribution in [3.05, 3.63) is 0 Å². The second-order valence-corrected chi connectivity index (χ2v) is 8.41. The van der Waals surface area contributed by atoms with Crippen molar-refractivity contribution in [2.45, 2.75) is 76.8 Å². The molecule has 0 radical (unpaired) electrons. The fraction of sp³-hybridized carbons (Fsp3) is 1.00. The van der Waals surface area contributed by atoms with Gasteiger partial charge in [-0.25, -0.2) is 0 Å². The lowest BCUT2D eigenvalue weighted by Crippen LogP contribution is -2.63. The Balaban J connectivity index is 1.43. The summed E-state index contributed by atoms with van der Waals surface area (Å²) >= 11 is 0. The third-order valence-electron chi connectivity index (χ3n) is 7.13. The van der Waals surface area contributed by atoms with Crippen LogP contribution in [-0.2, 0) is 0 Å². The summed E-state index contributed by atoms with van der Waals surface area (Å²) in [5, 5.41) is 0. The number of fused-ring (bicyclic) bond motifs is 6. The Hall–Kier alpha value is -0.0800. The first kappa shape index (κ1) is 14.5. The highest BCUT2D eigenvalue weighted by Crippen LogP contribution is 2.44. The Morgan fingerprint density at radius 2 is 1.67 bits per heavy atom. The third kappa shape index (κ3) is 2.79. The van der Waals surface area contributed by atoms with Gasteiger partial charge in [-0.05, 0) is 62.9 Å². The Morgan fingerprint density at radius 1 is 0.857 bits per heavy atom. The van der Waals surface area contributed by atoms with Crippen LogP contribution >= 0.6 is 0 Å². The highest BCUT2D eigenvalue weighted by molar-refractivity contribution is 5.01. The normalized spacial score (nSPS) is 44.1. The number of rotatable bonds is 3. The Kier molecular flexibility index (Phi) is 4.28. The van der Waals surface area contributed by atoms with Crippen molar-refractivity contribution < 1.29 is 0 Å². The summed E-state index contributed by atoms with van der Waals surface area (Å²) in [7, 11) is 0. The molecule has 2 bridgehead atoms. The van der Waals surface area contributed by atoms with E-state index >= 15 is 0 Å². The van der Waals surface area contributed by atoms with Crippen LogP contribution in [0.5, 0.6) is 0 Å². The van der Waals surface area contributed by atoms with Crippen LogP contribution in [0.1, 0.15) is 64.7 Å². The largest absolute Gasteiger partial charge is 0.300 e. The Morgan fingerprint density at radius 3 is 2.52 bits per heavy atom. The van der Waals surface area contributed by atoms with E-state index < -0.39 is 0 Å². The summed E-state index contributed by atoms with van der Waals surface area (Å²) in [5.74, 6) is 3.05. The molecule has 0 aromatic carbocycles. The monoisotopic (exact) mass is 290 g/mol. The maximum absolute atomic E-state index is 2.92. The molecule has 0 N–H and O–H groups in total. The zero-order chi connectivity index (χ0) is 14.2. The average molecular weight is 290 g/mol. The van der Waals surface area contributed by atoms with Gasteiger partial charge < -0.3 is 0 Å². The lowest BCUT2D eigenvalue weighted by atomic mass is 9.69. The van der Waals surface area contributed by atoms with Crippen LogP contribution in [0.15, 0.2) is 0 Å². The molecule has 0 spiro atoms. The van der Waals surface area contributed by atoms with E-state index in [0.29, 0.717) is 0 Å². The van der Waals surface area contributed by atoms with Crippen molar-refractivity contribution in [3.8, 4) is 0 Å². The zero-order valence-electron chi connectivity index (χ0n) is 14.0. The molecule has 21 heavy (non-hydrogen) atoms. The van der Waals surface area contributed by atoms with Crippen molar-refractivity contribution in [2.24, 2.45) is 17.8 Å². The molecule has 5 atom stereocenters. The number of hydrogen-bond donors (Lipinski definition) is 0. The van der Waals surface area contributed by atoms with Gasteiger partial charge in [0, 0.05) is 25.2 Å². The molecule has 4 fully saturated rings. The minimum absolute atomic E-state index is 0.944. The highest BCUT2D eigenvalue weighted by atomic mass is 15.3. The average Bonchev–Trinajstić information content (AvgIpc) is 2.53. The number of nitrogens with zero attached hydrogens (tertiary/aromatic N) is 2. The lowest BCUT2D eigenvalue weighted by molar-refractivity contribution is -0.0801. The van der Waals surface area contributed by atoms with Gasteiger partial charge in [0.05, 0.1) is 0 Å². The molecule has 0 aromatic heterocycles. The molecule has 4 saturated heterocycles. The van der Waals surface area contributed by atoms with Gasteiger partial charge in [-0.1, -0.05) is 32.6 Å².